The van der Waals surface area contributed by atoms with Crippen LogP contribution < -0.4 is 10.1 Å². The first-order chi connectivity index (χ1) is 10.2. The molecular formula is C18H25NO2. The van der Waals surface area contributed by atoms with Crippen LogP contribution in [0.15, 0.2) is 18.2 Å². The standard InChI is InChI=1S/C18H25NO2/c1-2-18(9-3-10-19-13-18)17(20)7-5-14-4-6-16-15(12-14)8-11-21-16/h4,6,12,19H,2-3,5,7-11,13H2,1H3. The van der Waals surface area contributed by atoms with Gasteiger partial charge in [-0.15, -0.1) is 0 Å². The second-order valence-electron chi connectivity index (χ2n) is 6.38. The van der Waals surface area contributed by atoms with Gasteiger partial charge in [0, 0.05) is 24.8 Å². The molecule has 3 nitrogen and oxygen atoms in total. The average Bonchev–Trinajstić information content (AvgIpc) is 3.00. The van der Waals surface area contributed by atoms with Crippen LogP contribution in [-0.4, -0.2) is 25.5 Å². The van der Waals surface area contributed by atoms with Gasteiger partial charge in [-0.3, -0.25) is 4.79 Å². The number of fused-ring (bicyclic) bond motifs is 1. The summed E-state index contributed by atoms with van der Waals surface area (Å²) in [4.78, 5) is 12.7. The van der Waals surface area contributed by atoms with Gasteiger partial charge in [-0.1, -0.05) is 19.1 Å². The van der Waals surface area contributed by atoms with Crippen LogP contribution in [0.3, 0.4) is 0 Å². The quantitative estimate of drug-likeness (QED) is 0.905. The average molecular weight is 287 g/mol. The van der Waals surface area contributed by atoms with Crippen LogP contribution in [0.5, 0.6) is 5.75 Å². The molecule has 1 aromatic rings. The maximum Gasteiger partial charge on any atom is 0.140 e. The lowest BCUT2D eigenvalue weighted by Gasteiger charge is -2.35. The fraction of sp³-hybridized carbons (Fsp3) is 0.611. The van der Waals surface area contributed by atoms with Gasteiger partial charge >= 0.3 is 0 Å². The largest absolute Gasteiger partial charge is 0.493 e. The Kier molecular flexibility index (Phi) is 4.29. The van der Waals surface area contributed by atoms with E-state index >= 15 is 0 Å². The molecule has 1 atom stereocenters. The van der Waals surface area contributed by atoms with E-state index in [0.29, 0.717) is 12.2 Å². The van der Waals surface area contributed by atoms with E-state index in [1.165, 1.54) is 11.1 Å². The Labute approximate surface area is 127 Å². The molecule has 0 aromatic heterocycles. The van der Waals surface area contributed by atoms with Crippen LogP contribution >= 0.6 is 0 Å². The van der Waals surface area contributed by atoms with Crippen molar-refractivity contribution >= 4 is 5.78 Å². The van der Waals surface area contributed by atoms with Gasteiger partial charge in [-0.05, 0) is 49.4 Å². The van der Waals surface area contributed by atoms with Gasteiger partial charge in [0.05, 0.1) is 6.61 Å². The Morgan fingerprint density at radius 1 is 1.43 bits per heavy atom. The van der Waals surface area contributed by atoms with Crippen molar-refractivity contribution in [1.82, 2.24) is 5.32 Å². The Hall–Kier alpha value is -1.35. The second kappa shape index (κ2) is 6.18. The predicted molar refractivity (Wildman–Crippen MR) is 83.8 cm³/mol. The molecule has 3 rings (SSSR count). The molecule has 2 heterocycles. The summed E-state index contributed by atoms with van der Waals surface area (Å²) in [5.74, 6) is 1.46. The lowest BCUT2D eigenvalue weighted by atomic mass is 9.73. The molecule has 1 N–H and O–H groups in total. The van der Waals surface area contributed by atoms with Crippen molar-refractivity contribution in [3.8, 4) is 5.75 Å². The number of ether oxygens (including phenoxy) is 1. The predicted octanol–water partition coefficient (Wildman–Crippen LogP) is 2.90. The molecule has 21 heavy (non-hydrogen) atoms. The minimum atomic E-state index is -0.113. The maximum absolute atomic E-state index is 12.7. The van der Waals surface area contributed by atoms with Crippen LogP contribution in [0.25, 0.3) is 0 Å². The summed E-state index contributed by atoms with van der Waals surface area (Å²) in [5, 5.41) is 3.40. The summed E-state index contributed by atoms with van der Waals surface area (Å²) in [7, 11) is 0. The molecule has 0 aliphatic carbocycles. The molecule has 0 spiro atoms. The topological polar surface area (TPSA) is 38.3 Å². The van der Waals surface area contributed by atoms with Crippen molar-refractivity contribution in [3.63, 3.8) is 0 Å². The summed E-state index contributed by atoms with van der Waals surface area (Å²) in [6, 6.07) is 6.38. The highest BCUT2D eigenvalue weighted by Crippen LogP contribution is 2.33. The van der Waals surface area contributed by atoms with Crippen molar-refractivity contribution in [2.45, 2.75) is 45.4 Å². The number of carbonyl (C=O) groups is 1. The van der Waals surface area contributed by atoms with Gasteiger partial charge < -0.3 is 10.1 Å². The van der Waals surface area contributed by atoms with E-state index < -0.39 is 0 Å². The van der Waals surface area contributed by atoms with E-state index in [-0.39, 0.29) is 5.41 Å². The fourth-order valence-electron chi connectivity index (χ4n) is 3.62. The fourth-order valence-corrected chi connectivity index (χ4v) is 3.62. The smallest absolute Gasteiger partial charge is 0.140 e. The molecule has 2 aliphatic rings. The molecule has 0 amide bonds. The monoisotopic (exact) mass is 287 g/mol. The van der Waals surface area contributed by atoms with E-state index in [1.54, 1.807) is 0 Å². The van der Waals surface area contributed by atoms with Crippen molar-refractivity contribution in [2.24, 2.45) is 5.41 Å². The van der Waals surface area contributed by atoms with Crippen LogP contribution in [0, 0.1) is 5.41 Å². The van der Waals surface area contributed by atoms with Crippen molar-refractivity contribution < 1.29 is 9.53 Å². The van der Waals surface area contributed by atoms with Crippen molar-refractivity contribution in [2.75, 3.05) is 19.7 Å². The van der Waals surface area contributed by atoms with E-state index in [0.717, 1.165) is 57.6 Å². The van der Waals surface area contributed by atoms with E-state index in [1.807, 2.05) is 0 Å². The van der Waals surface area contributed by atoms with Gasteiger partial charge in [0.25, 0.3) is 0 Å². The minimum absolute atomic E-state index is 0.113. The number of hydrogen-bond donors (Lipinski definition) is 1. The number of ketones is 1. The number of Topliss-reactive ketones (excluding diaryl/α,β-unsaturated/α-hetero) is 1. The number of hydrogen-bond acceptors (Lipinski definition) is 3. The van der Waals surface area contributed by atoms with Gasteiger partial charge in [-0.25, -0.2) is 0 Å². The van der Waals surface area contributed by atoms with Gasteiger partial charge in [0.1, 0.15) is 11.5 Å². The summed E-state index contributed by atoms with van der Waals surface area (Å²) >= 11 is 0. The Morgan fingerprint density at radius 3 is 3.10 bits per heavy atom. The van der Waals surface area contributed by atoms with E-state index in [4.69, 9.17) is 4.74 Å². The van der Waals surface area contributed by atoms with Gasteiger partial charge in [0.2, 0.25) is 0 Å². The molecule has 1 aromatic carbocycles. The molecule has 3 heteroatoms. The molecule has 1 saturated heterocycles. The zero-order valence-electron chi connectivity index (χ0n) is 12.9. The van der Waals surface area contributed by atoms with Crippen molar-refractivity contribution in [3.05, 3.63) is 29.3 Å². The number of aryl methyl sites for hydroxylation is 1. The Morgan fingerprint density at radius 2 is 2.33 bits per heavy atom. The molecule has 0 bridgehead atoms. The molecule has 114 valence electrons. The van der Waals surface area contributed by atoms with Gasteiger partial charge in [-0.2, -0.15) is 0 Å². The highest BCUT2D eigenvalue weighted by Gasteiger charge is 2.36. The number of nitrogens with one attached hydrogen (secondary N) is 1. The second-order valence-corrected chi connectivity index (χ2v) is 6.38. The van der Waals surface area contributed by atoms with Gasteiger partial charge in [0.15, 0.2) is 0 Å². The first-order valence-corrected chi connectivity index (χ1v) is 8.22. The van der Waals surface area contributed by atoms with Crippen LogP contribution in [0.4, 0.5) is 0 Å². The normalized spacial score (nSPS) is 24.4. The Balaban J connectivity index is 1.62. The molecular weight excluding hydrogens is 262 g/mol. The highest BCUT2D eigenvalue weighted by molar-refractivity contribution is 5.85. The molecule has 1 fully saturated rings. The third-order valence-electron chi connectivity index (χ3n) is 5.14. The zero-order chi connectivity index (χ0) is 14.7. The summed E-state index contributed by atoms with van der Waals surface area (Å²) in [5.41, 5.74) is 2.45. The lowest BCUT2D eigenvalue weighted by Crippen LogP contribution is -2.45. The highest BCUT2D eigenvalue weighted by atomic mass is 16.5. The van der Waals surface area contributed by atoms with Crippen LogP contribution in [-0.2, 0) is 17.6 Å². The SMILES string of the molecule is CCC1(C(=O)CCc2ccc3c(c2)CCO3)CCCNC1. The summed E-state index contributed by atoms with van der Waals surface area (Å²) < 4.78 is 5.53. The third kappa shape index (κ3) is 2.98. The van der Waals surface area contributed by atoms with Crippen LogP contribution in [0.2, 0.25) is 0 Å². The number of carbonyl (C=O) groups excluding carboxylic acids is 1. The molecule has 0 radical (unpaired) electrons. The van der Waals surface area contributed by atoms with Crippen molar-refractivity contribution in [1.29, 1.82) is 0 Å². The number of piperidine rings is 1. The van der Waals surface area contributed by atoms with E-state index in [9.17, 15) is 4.79 Å². The molecule has 0 saturated carbocycles. The first kappa shape index (κ1) is 14.6. The summed E-state index contributed by atoms with van der Waals surface area (Å²) in [6.07, 6.45) is 5.64. The molecule has 1 unspecified atom stereocenters. The first-order valence-electron chi connectivity index (χ1n) is 8.22. The minimum Gasteiger partial charge on any atom is -0.493 e. The number of rotatable bonds is 5. The van der Waals surface area contributed by atoms with E-state index in [2.05, 4.69) is 30.4 Å². The third-order valence-corrected chi connectivity index (χ3v) is 5.14. The maximum atomic E-state index is 12.7. The summed E-state index contributed by atoms with van der Waals surface area (Å²) in [6.45, 7) is 4.86. The molecule has 2 aliphatic heterocycles. The number of benzene rings is 1. The van der Waals surface area contributed by atoms with Crippen LogP contribution in [0.1, 0.15) is 43.7 Å². The lowest BCUT2D eigenvalue weighted by molar-refractivity contribution is -0.130. The Bertz CT molecular complexity index is 518. The zero-order valence-corrected chi connectivity index (χ0v) is 12.9.